The molecule has 2 aromatic rings. The Hall–Kier alpha value is -1.14. The van der Waals surface area contributed by atoms with Gasteiger partial charge in [0.25, 0.3) is 0 Å². The zero-order chi connectivity index (χ0) is 14.3. The number of hydrogen-bond acceptors (Lipinski definition) is 3. The van der Waals surface area contributed by atoms with Crippen molar-refractivity contribution in [1.82, 2.24) is 10.3 Å². The quantitative estimate of drug-likeness (QED) is 0.845. The normalized spacial score (nSPS) is 24.2. The molecule has 0 bridgehead atoms. The molecule has 0 spiro atoms. The van der Waals surface area contributed by atoms with Crippen molar-refractivity contribution < 1.29 is 13.2 Å². The first-order valence-corrected chi connectivity index (χ1v) is 7.46. The number of nitrogens with one attached hydrogen (secondary N) is 1. The summed E-state index contributed by atoms with van der Waals surface area (Å²) >= 11 is 1.48. The van der Waals surface area contributed by atoms with E-state index in [-0.39, 0.29) is 6.04 Å². The van der Waals surface area contributed by atoms with Gasteiger partial charge in [0, 0.05) is 0 Å². The second-order valence-corrected chi connectivity index (χ2v) is 6.43. The highest BCUT2D eigenvalue weighted by molar-refractivity contribution is 7.18. The van der Waals surface area contributed by atoms with Crippen molar-refractivity contribution in [2.24, 2.45) is 5.92 Å². The van der Waals surface area contributed by atoms with E-state index >= 15 is 0 Å². The minimum absolute atomic E-state index is 0.172. The molecule has 2 heterocycles. The minimum atomic E-state index is -4.31. The maximum atomic E-state index is 12.7. The van der Waals surface area contributed by atoms with E-state index in [1.807, 2.05) is 0 Å². The van der Waals surface area contributed by atoms with E-state index < -0.39 is 11.7 Å². The zero-order valence-corrected chi connectivity index (χ0v) is 11.8. The Morgan fingerprint density at radius 1 is 1.35 bits per heavy atom. The molecule has 0 radical (unpaired) electrons. The van der Waals surface area contributed by atoms with Gasteiger partial charge in [-0.2, -0.15) is 13.2 Å². The number of hydrogen-bond donors (Lipinski definition) is 1. The molecular weight excluding hydrogens is 285 g/mol. The summed E-state index contributed by atoms with van der Waals surface area (Å²) in [5, 5.41) is 4.29. The number of benzene rings is 1. The van der Waals surface area contributed by atoms with Crippen LogP contribution < -0.4 is 5.32 Å². The predicted molar refractivity (Wildman–Crippen MR) is 73.8 cm³/mol. The molecule has 108 valence electrons. The van der Waals surface area contributed by atoms with E-state index in [1.165, 1.54) is 17.4 Å². The second kappa shape index (κ2) is 5.00. The number of halogens is 3. The Bertz CT molecular complexity index is 620. The van der Waals surface area contributed by atoms with Crippen LogP contribution in [0.1, 0.15) is 36.4 Å². The van der Waals surface area contributed by atoms with Crippen molar-refractivity contribution in [1.29, 1.82) is 0 Å². The van der Waals surface area contributed by atoms with E-state index in [1.54, 1.807) is 0 Å². The lowest BCUT2D eigenvalue weighted by molar-refractivity contribution is -0.137. The molecule has 2 unspecified atom stereocenters. The lowest BCUT2D eigenvalue weighted by Crippen LogP contribution is -2.30. The van der Waals surface area contributed by atoms with Crippen LogP contribution in [0.25, 0.3) is 10.2 Å². The smallest absolute Gasteiger partial charge is 0.308 e. The molecule has 6 heteroatoms. The first-order valence-electron chi connectivity index (χ1n) is 6.64. The van der Waals surface area contributed by atoms with E-state index in [9.17, 15) is 13.2 Å². The van der Waals surface area contributed by atoms with Crippen molar-refractivity contribution >= 4 is 21.6 Å². The van der Waals surface area contributed by atoms with Crippen molar-refractivity contribution in [3.8, 4) is 0 Å². The largest absolute Gasteiger partial charge is 0.416 e. The summed E-state index contributed by atoms with van der Waals surface area (Å²) in [4.78, 5) is 4.40. The highest BCUT2D eigenvalue weighted by Gasteiger charge is 2.31. The van der Waals surface area contributed by atoms with E-state index in [2.05, 4.69) is 17.2 Å². The fraction of sp³-hybridized carbons (Fsp3) is 0.500. The summed E-state index contributed by atoms with van der Waals surface area (Å²) in [5.74, 6) is 0.624. The van der Waals surface area contributed by atoms with Gasteiger partial charge in [0.2, 0.25) is 0 Å². The SMILES string of the molecule is CC1CCNC(c2nc3cc(C(F)(F)F)ccc3s2)C1. The van der Waals surface area contributed by atoms with Crippen molar-refractivity contribution in [3.05, 3.63) is 28.8 Å². The fourth-order valence-corrected chi connectivity index (χ4v) is 3.60. The molecule has 0 saturated carbocycles. The van der Waals surface area contributed by atoms with Gasteiger partial charge < -0.3 is 5.32 Å². The monoisotopic (exact) mass is 300 g/mol. The Morgan fingerprint density at radius 2 is 2.15 bits per heavy atom. The third-order valence-electron chi connectivity index (χ3n) is 3.70. The molecule has 1 N–H and O–H groups in total. The number of aromatic nitrogens is 1. The molecule has 1 aliphatic rings. The number of alkyl halides is 3. The zero-order valence-electron chi connectivity index (χ0n) is 11.0. The first kappa shape index (κ1) is 13.8. The van der Waals surface area contributed by atoms with E-state index in [0.717, 1.165) is 41.2 Å². The lowest BCUT2D eigenvalue weighted by atomic mass is 9.95. The summed E-state index contributed by atoms with van der Waals surface area (Å²) in [6, 6.07) is 3.96. The topological polar surface area (TPSA) is 24.9 Å². The molecule has 2 nitrogen and oxygen atoms in total. The van der Waals surface area contributed by atoms with Gasteiger partial charge in [0.15, 0.2) is 0 Å². The third kappa shape index (κ3) is 2.67. The summed E-state index contributed by atoms with van der Waals surface area (Å²) in [7, 11) is 0. The summed E-state index contributed by atoms with van der Waals surface area (Å²) < 4.78 is 38.9. The minimum Gasteiger partial charge on any atom is -0.308 e. The predicted octanol–water partition coefficient (Wildman–Crippen LogP) is 4.38. The second-order valence-electron chi connectivity index (χ2n) is 5.37. The molecule has 1 fully saturated rings. The van der Waals surface area contributed by atoms with Crippen LogP contribution >= 0.6 is 11.3 Å². The Labute approximate surface area is 119 Å². The standard InChI is InChI=1S/C14H15F3N2S/c1-8-4-5-18-11(6-8)13-19-10-7-9(14(15,16)17)2-3-12(10)20-13/h2-3,7-8,11,18H,4-6H2,1H3. The van der Waals surface area contributed by atoms with Crippen LogP contribution in [0.3, 0.4) is 0 Å². The molecule has 1 aromatic heterocycles. The molecule has 1 aliphatic heterocycles. The Balaban J connectivity index is 1.94. The van der Waals surface area contributed by atoms with Crippen LogP contribution in [-0.2, 0) is 6.18 Å². The molecule has 1 aromatic carbocycles. The van der Waals surface area contributed by atoms with Gasteiger partial charge in [-0.15, -0.1) is 11.3 Å². The molecule has 3 rings (SSSR count). The van der Waals surface area contributed by atoms with Gasteiger partial charge in [-0.05, 0) is 43.5 Å². The molecule has 1 saturated heterocycles. The number of rotatable bonds is 1. The summed E-state index contributed by atoms with van der Waals surface area (Å²) in [6.07, 6.45) is -2.18. The van der Waals surface area contributed by atoms with Crippen molar-refractivity contribution in [3.63, 3.8) is 0 Å². The summed E-state index contributed by atoms with van der Waals surface area (Å²) in [5.41, 5.74) is -0.188. The van der Waals surface area contributed by atoms with Crippen molar-refractivity contribution in [2.45, 2.75) is 32.0 Å². The van der Waals surface area contributed by atoms with Crippen LogP contribution in [0.4, 0.5) is 13.2 Å². The molecule has 0 amide bonds. The van der Waals surface area contributed by atoms with E-state index in [4.69, 9.17) is 0 Å². The Kier molecular flexibility index (Phi) is 3.46. The molecule has 2 atom stereocenters. The number of piperidine rings is 1. The van der Waals surface area contributed by atoms with Gasteiger partial charge in [-0.25, -0.2) is 4.98 Å². The van der Waals surface area contributed by atoms with Crippen LogP contribution in [0.15, 0.2) is 18.2 Å². The average Bonchev–Trinajstić information content (AvgIpc) is 2.80. The van der Waals surface area contributed by atoms with Crippen molar-refractivity contribution in [2.75, 3.05) is 6.54 Å². The highest BCUT2D eigenvalue weighted by Crippen LogP contribution is 2.36. The first-order chi connectivity index (χ1) is 9.43. The van der Waals surface area contributed by atoms with Gasteiger partial charge >= 0.3 is 6.18 Å². The Morgan fingerprint density at radius 3 is 2.85 bits per heavy atom. The maximum Gasteiger partial charge on any atom is 0.416 e. The van der Waals surface area contributed by atoms with Crippen LogP contribution in [0, 0.1) is 5.92 Å². The molecule has 20 heavy (non-hydrogen) atoms. The fourth-order valence-electron chi connectivity index (χ4n) is 2.57. The molecular formula is C14H15F3N2S. The van der Waals surface area contributed by atoms with Crippen LogP contribution in [-0.4, -0.2) is 11.5 Å². The third-order valence-corrected chi connectivity index (χ3v) is 4.85. The number of fused-ring (bicyclic) bond motifs is 1. The van der Waals surface area contributed by atoms with E-state index in [0.29, 0.717) is 11.4 Å². The van der Waals surface area contributed by atoms with Crippen LogP contribution in [0.5, 0.6) is 0 Å². The van der Waals surface area contributed by atoms with Gasteiger partial charge in [0.1, 0.15) is 5.01 Å². The number of nitrogens with zero attached hydrogens (tertiary/aromatic N) is 1. The van der Waals surface area contributed by atoms with Gasteiger partial charge in [0.05, 0.1) is 21.8 Å². The van der Waals surface area contributed by atoms with Gasteiger partial charge in [-0.1, -0.05) is 6.92 Å². The van der Waals surface area contributed by atoms with Crippen LogP contribution in [0.2, 0.25) is 0 Å². The highest BCUT2D eigenvalue weighted by atomic mass is 32.1. The van der Waals surface area contributed by atoms with Gasteiger partial charge in [-0.3, -0.25) is 0 Å². The number of thiazole rings is 1. The molecule has 0 aliphatic carbocycles. The maximum absolute atomic E-state index is 12.7. The lowest BCUT2D eigenvalue weighted by Gasteiger charge is -2.26. The average molecular weight is 300 g/mol. The summed E-state index contributed by atoms with van der Waals surface area (Å²) in [6.45, 7) is 3.14.